The highest BCUT2D eigenvalue weighted by molar-refractivity contribution is 7.91. The highest BCUT2D eigenvalue weighted by Gasteiger charge is 2.32. The molecule has 0 spiro atoms. The topological polar surface area (TPSA) is 84.3 Å². The van der Waals surface area contributed by atoms with Crippen LogP contribution in [-0.4, -0.2) is 53.6 Å². The molecule has 0 radical (unpaired) electrons. The predicted octanol–water partition coefficient (Wildman–Crippen LogP) is 2.87. The molecule has 4 rings (SSSR count). The summed E-state index contributed by atoms with van der Waals surface area (Å²) in [6.07, 6.45) is 3.74. The van der Waals surface area contributed by atoms with Gasteiger partial charge in [-0.1, -0.05) is 24.3 Å². The van der Waals surface area contributed by atoms with Crippen LogP contribution in [0, 0.1) is 13.8 Å². The maximum Gasteiger partial charge on any atom is 0.237 e. The molecule has 2 heterocycles. The van der Waals surface area contributed by atoms with Crippen LogP contribution >= 0.6 is 0 Å². The van der Waals surface area contributed by atoms with Crippen LogP contribution in [0.2, 0.25) is 0 Å². The van der Waals surface area contributed by atoms with E-state index in [2.05, 4.69) is 28.6 Å². The first-order chi connectivity index (χ1) is 15.2. The molecule has 1 amide bonds. The van der Waals surface area contributed by atoms with Crippen molar-refractivity contribution < 1.29 is 13.2 Å². The van der Waals surface area contributed by atoms with E-state index >= 15 is 0 Å². The Balaban J connectivity index is 1.43. The summed E-state index contributed by atoms with van der Waals surface area (Å²) < 4.78 is 25.7. The number of hydrogen-bond donors (Lipinski definition) is 1. The molecule has 1 aromatic heterocycles. The summed E-state index contributed by atoms with van der Waals surface area (Å²) in [5.74, 6) is 0.414. The number of carbonyl (C=O) groups is 1. The third-order valence-corrected chi connectivity index (χ3v) is 8.91. The van der Waals surface area contributed by atoms with Crippen molar-refractivity contribution in [3.8, 4) is 0 Å². The van der Waals surface area contributed by atoms with E-state index < -0.39 is 9.84 Å². The number of carbonyl (C=O) groups excluding carboxylic acids is 1. The van der Waals surface area contributed by atoms with Gasteiger partial charge in [0.15, 0.2) is 9.84 Å². The number of sulfone groups is 1. The molecule has 2 aromatic rings. The van der Waals surface area contributed by atoms with E-state index in [1.54, 1.807) is 0 Å². The minimum absolute atomic E-state index is 0.0267. The quantitative estimate of drug-likeness (QED) is 0.720. The molecule has 1 aliphatic heterocycles. The molecule has 32 heavy (non-hydrogen) atoms. The molecule has 1 aromatic carbocycles. The third kappa shape index (κ3) is 4.62. The Labute approximate surface area is 191 Å². The number of hydrogen-bond acceptors (Lipinski definition) is 5. The molecule has 1 saturated heterocycles. The zero-order chi connectivity index (χ0) is 23.0. The molecule has 0 unspecified atom stereocenters. The Morgan fingerprint density at radius 2 is 2.03 bits per heavy atom. The van der Waals surface area contributed by atoms with Gasteiger partial charge in [0.1, 0.15) is 0 Å². The highest BCUT2D eigenvalue weighted by atomic mass is 32.2. The Hall–Kier alpha value is -2.19. The Morgan fingerprint density at radius 1 is 1.28 bits per heavy atom. The molecule has 7 nitrogen and oxygen atoms in total. The molecule has 0 saturated carbocycles. The number of aryl methyl sites for hydroxylation is 2. The van der Waals surface area contributed by atoms with Gasteiger partial charge >= 0.3 is 0 Å². The molecule has 3 atom stereocenters. The van der Waals surface area contributed by atoms with Crippen molar-refractivity contribution in [1.29, 1.82) is 0 Å². The summed E-state index contributed by atoms with van der Waals surface area (Å²) in [6, 6.07) is 8.06. The van der Waals surface area contributed by atoms with E-state index in [0.717, 1.165) is 36.2 Å². The Kier molecular flexibility index (Phi) is 6.45. The van der Waals surface area contributed by atoms with E-state index in [4.69, 9.17) is 0 Å². The van der Waals surface area contributed by atoms with Crippen LogP contribution in [0.4, 0.5) is 0 Å². The van der Waals surface area contributed by atoms with Crippen LogP contribution < -0.4 is 5.32 Å². The number of nitrogens with one attached hydrogen (secondary N) is 1. The number of fused-ring (bicyclic) bond motifs is 1. The normalized spacial score (nSPS) is 23.2. The summed E-state index contributed by atoms with van der Waals surface area (Å²) in [5.41, 5.74) is 5.52. The lowest BCUT2D eigenvalue weighted by molar-refractivity contribution is -0.126. The van der Waals surface area contributed by atoms with Crippen LogP contribution in [0.5, 0.6) is 0 Å². The maximum atomic E-state index is 13.1. The van der Waals surface area contributed by atoms with Gasteiger partial charge in [-0.05, 0) is 64.6 Å². The minimum Gasteiger partial charge on any atom is -0.348 e. The zero-order valence-electron chi connectivity index (χ0n) is 19.5. The van der Waals surface area contributed by atoms with Crippen LogP contribution in [0.3, 0.4) is 0 Å². The minimum atomic E-state index is -2.97. The number of likely N-dealkylation sites (N-methyl/N-ethyl adjacent to an activating group) is 1. The number of nitrogens with zero attached hydrogens (tertiary/aromatic N) is 3. The summed E-state index contributed by atoms with van der Waals surface area (Å²) in [4.78, 5) is 15.1. The molecular weight excluding hydrogens is 424 g/mol. The van der Waals surface area contributed by atoms with E-state index in [-0.39, 0.29) is 35.5 Å². The first-order valence-electron chi connectivity index (χ1n) is 11.5. The smallest absolute Gasteiger partial charge is 0.237 e. The first kappa shape index (κ1) is 23.0. The first-order valence-corrected chi connectivity index (χ1v) is 13.3. The lowest BCUT2D eigenvalue weighted by atomic mass is 9.87. The van der Waals surface area contributed by atoms with Crippen molar-refractivity contribution in [2.45, 2.75) is 71.1 Å². The average Bonchev–Trinajstić information content (AvgIpc) is 3.26. The molecule has 174 valence electrons. The van der Waals surface area contributed by atoms with Crippen molar-refractivity contribution in [3.63, 3.8) is 0 Å². The summed E-state index contributed by atoms with van der Waals surface area (Å²) >= 11 is 0. The maximum absolute atomic E-state index is 13.1. The monoisotopic (exact) mass is 458 g/mol. The number of aromatic nitrogens is 2. The molecule has 1 aliphatic carbocycles. The van der Waals surface area contributed by atoms with Gasteiger partial charge in [-0.2, -0.15) is 5.10 Å². The lowest BCUT2D eigenvalue weighted by Crippen LogP contribution is -2.44. The van der Waals surface area contributed by atoms with Crippen molar-refractivity contribution >= 4 is 15.7 Å². The number of rotatable bonds is 6. The van der Waals surface area contributed by atoms with Gasteiger partial charge in [-0.15, -0.1) is 0 Å². The molecule has 1 fully saturated rings. The van der Waals surface area contributed by atoms with E-state index in [1.807, 2.05) is 43.5 Å². The standard InChI is InChI=1S/C24H34N4O3S/c1-16-22(17(2)28(26-16)20-12-13-32(30,31)15-20)14-27(4)18(3)24(29)25-23-11-7-9-19-8-5-6-10-21(19)23/h5-6,8,10,18,20,23H,7,9,11-15H2,1-4H3,(H,25,29)/t18-,20+,23-/m0/s1. The van der Waals surface area contributed by atoms with Crippen LogP contribution in [-0.2, 0) is 27.6 Å². The van der Waals surface area contributed by atoms with Gasteiger partial charge in [-0.25, -0.2) is 8.42 Å². The molecule has 2 aliphatic rings. The number of amides is 1. The van der Waals surface area contributed by atoms with Crippen LogP contribution in [0.15, 0.2) is 24.3 Å². The molecule has 0 bridgehead atoms. The van der Waals surface area contributed by atoms with Gasteiger partial charge in [0.2, 0.25) is 5.91 Å². The summed E-state index contributed by atoms with van der Waals surface area (Å²) in [5, 5.41) is 7.92. The van der Waals surface area contributed by atoms with Crippen molar-refractivity contribution in [3.05, 3.63) is 52.3 Å². The van der Waals surface area contributed by atoms with Crippen LogP contribution in [0.1, 0.15) is 66.3 Å². The van der Waals surface area contributed by atoms with Gasteiger partial charge in [0, 0.05) is 17.8 Å². The molecule has 8 heteroatoms. The van der Waals surface area contributed by atoms with Gasteiger partial charge in [0.25, 0.3) is 0 Å². The summed E-state index contributed by atoms with van der Waals surface area (Å²) in [6.45, 7) is 6.48. The van der Waals surface area contributed by atoms with Gasteiger partial charge in [0.05, 0.1) is 35.3 Å². The fraction of sp³-hybridized carbons (Fsp3) is 0.583. The second-order valence-electron chi connectivity index (χ2n) is 9.39. The SMILES string of the molecule is Cc1nn([C@@H]2CCS(=O)(=O)C2)c(C)c1CN(C)[C@@H](C)C(=O)N[C@H]1CCCc2ccccc21. The van der Waals surface area contributed by atoms with Crippen molar-refractivity contribution in [2.24, 2.45) is 0 Å². The molecular formula is C24H34N4O3S. The average molecular weight is 459 g/mol. The van der Waals surface area contributed by atoms with Crippen molar-refractivity contribution in [2.75, 3.05) is 18.6 Å². The van der Waals surface area contributed by atoms with E-state index in [1.165, 1.54) is 11.1 Å². The third-order valence-electron chi connectivity index (χ3n) is 7.16. The Bertz CT molecular complexity index is 1110. The fourth-order valence-electron chi connectivity index (χ4n) is 5.03. The second-order valence-corrected chi connectivity index (χ2v) is 11.6. The molecule has 1 N–H and O–H groups in total. The lowest BCUT2D eigenvalue weighted by Gasteiger charge is -2.30. The highest BCUT2D eigenvalue weighted by Crippen LogP contribution is 2.30. The largest absolute Gasteiger partial charge is 0.348 e. The zero-order valence-corrected chi connectivity index (χ0v) is 20.3. The van der Waals surface area contributed by atoms with E-state index in [0.29, 0.717) is 13.0 Å². The number of benzene rings is 1. The fourth-order valence-corrected chi connectivity index (χ4v) is 6.72. The van der Waals surface area contributed by atoms with Gasteiger partial charge in [-0.3, -0.25) is 14.4 Å². The van der Waals surface area contributed by atoms with E-state index in [9.17, 15) is 13.2 Å². The second kappa shape index (κ2) is 8.98. The predicted molar refractivity (Wildman–Crippen MR) is 125 cm³/mol. The summed E-state index contributed by atoms with van der Waals surface area (Å²) in [7, 11) is -1.02. The van der Waals surface area contributed by atoms with Crippen molar-refractivity contribution in [1.82, 2.24) is 20.0 Å². The van der Waals surface area contributed by atoms with Gasteiger partial charge < -0.3 is 5.32 Å². The Morgan fingerprint density at radius 3 is 2.75 bits per heavy atom. The van der Waals surface area contributed by atoms with Crippen LogP contribution in [0.25, 0.3) is 0 Å².